The van der Waals surface area contributed by atoms with Crippen LogP contribution in [-0.4, -0.2) is 23.3 Å². The Hall–Kier alpha value is -2.74. The molecule has 0 aliphatic heterocycles. The molecule has 0 radical (unpaired) electrons. The third-order valence-electron chi connectivity index (χ3n) is 2.69. The number of non-ortho nitro benzene ring substituents is 1. The molecule has 0 aliphatic carbocycles. The third-order valence-corrected chi connectivity index (χ3v) is 3.55. The van der Waals surface area contributed by atoms with E-state index in [4.69, 9.17) is 4.74 Å². The van der Waals surface area contributed by atoms with Crippen LogP contribution in [0.25, 0.3) is 0 Å². The molecular formula is C14H12N2O5S. The second-order valence-corrected chi connectivity index (χ2v) is 5.19. The molecule has 0 spiro atoms. The van der Waals surface area contributed by atoms with E-state index in [9.17, 15) is 19.7 Å². The van der Waals surface area contributed by atoms with Crippen LogP contribution >= 0.6 is 11.3 Å². The van der Waals surface area contributed by atoms with Crippen LogP contribution in [0.4, 0.5) is 5.69 Å². The van der Waals surface area contributed by atoms with Crippen molar-refractivity contribution in [1.29, 1.82) is 0 Å². The van der Waals surface area contributed by atoms with Crippen molar-refractivity contribution in [3.8, 4) is 0 Å². The molecule has 1 amide bonds. The Morgan fingerprint density at radius 2 is 1.95 bits per heavy atom. The van der Waals surface area contributed by atoms with Crippen molar-refractivity contribution in [2.45, 2.75) is 6.61 Å². The lowest BCUT2D eigenvalue weighted by atomic mass is 10.2. The van der Waals surface area contributed by atoms with Crippen molar-refractivity contribution >= 4 is 28.9 Å². The highest BCUT2D eigenvalue weighted by Crippen LogP contribution is 2.12. The highest BCUT2D eigenvalue weighted by atomic mass is 32.1. The molecule has 114 valence electrons. The average molecular weight is 320 g/mol. The van der Waals surface area contributed by atoms with Gasteiger partial charge in [-0.3, -0.25) is 19.7 Å². The molecule has 1 aromatic heterocycles. The predicted octanol–water partition coefficient (Wildman–Crippen LogP) is 2.13. The van der Waals surface area contributed by atoms with Crippen LogP contribution in [0, 0.1) is 10.1 Å². The monoisotopic (exact) mass is 320 g/mol. The number of thiophene rings is 1. The highest BCUT2D eigenvalue weighted by Gasteiger charge is 2.10. The molecule has 2 rings (SSSR count). The number of nitrogens with zero attached hydrogens (tertiary/aromatic N) is 1. The van der Waals surface area contributed by atoms with E-state index in [1.165, 1.54) is 35.6 Å². The maximum atomic E-state index is 11.6. The molecule has 0 saturated carbocycles. The van der Waals surface area contributed by atoms with Gasteiger partial charge in [0.25, 0.3) is 11.6 Å². The second-order valence-electron chi connectivity index (χ2n) is 4.24. The molecule has 0 atom stereocenters. The topological polar surface area (TPSA) is 98.5 Å². The number of hydrogen-bond donors (Lipinski definition) is 1. The maximum Gasteiger partial charge on any atom is 0.325 e. The predicted molar refractivity (Wildman–Crippen MR) is 79.5 cm³/mol. The first-order valence-electron chi connectivity index (χ1n) is 6.27. The maximum absolute atomic E-state index is 11.6. The van der Waals surface area contributed by atoms with E-state index >= 15 is 0 Å². The van der Waals surface area contributed by atoms with E-state index in [1.54, 1.807) is 17.5 Å². The van der Waals surface area contributed by atoms with Gasteiger partial charge in [-0.05, 0) is 29.1 Å². The van der Waals surface area contributed by atoms with Crippen molar-refractivity contribution < 1.29 is 19.2 Å². The number of esters is 1. The summed E-state index contributed by atoms with van der Waals surface area (Å²) in [4.78, 5) is 33.7. The van der Waals surface area contributed by atoms with Crippen LogP contribution in [0.5, 0.6) is 0 Å². The molecule has 1 aromatic carbocycles. The minimum Gasteiger partial charge on any atom is -0.460 e. The molecule has 0 saturated heterocycles. The Kier molecular flexibility index (Phi) is 5.21. The number of hydrogen-bond acceptors (Lipinski definition) is 6. The van der Waals surface area contributed by atoms with Gasteiger partial charge in [-0.15, -0.1) is 11.3 Å². The molecule has 1 heterocycles. The number of amides is 1. The van der Waals surface area contributed by atoms with E-state index in [2.05, 4.69) is 5.32 Å². The fourth-order valence-electron chi connectivity index (χ4n) is 1.58. The van der Waals surface area contributed by atoms with Crippen molar-refractivity contribution in [1.82, 2.24) is 5.32 Å². The van der Waals surface area contributed by atoms with Gasteiger partial charge in [0.05, 0.1) is 9.80 Å². The van der Waals surface area contributed by atoms with Crippen LogP contribution in [0.2, 0.25) is 0 Å². The molecule has 1 N–H and O–H groups in total. The third kappa shape index (κ3) is 4.38. The van der Waals surface area contributed by atoms with Gasteiger partial charge in [-0.25, -0.2) is 0 Å². The normalized spacial score (nSPS) is 10.0. The number of ether oxygens (including phenoxy) is 1. The summed E-state index contributed by atoms with van der Waals surface area (Å²) in [5.74, 6) is -0.912. The van der Waals surface area contributed by atoms with Crippen LogP contribution in [0.1, 0.15) is 15.2 Å². The Morgan fingerprint density at radius 3 is 2.55 bits per heavy atom. The molecule has 2 aromatic rings. The summed E-state index contributed by atoms with van der Waals surface area (Å²) in [6.07, 6.45) is 0. The number of carbonyl (C=O) groups is 2. The van der Waals surface area contributed by atoms with Crippen molar-refractivity contribution in [3.05, 3.63) is 62.3 Å². The van der Waals surface area contributed by atoms with Gasteiger partial charge in [-0.1, -0.05) is 6.07 Å². The fraction of sp³-hybridized carbons (Fsp3) is 0.143. The van der Waals surface area contributed by atoms with E-state index in [0.717, 1.165) is 0 Å². The van der Waals surface area contributed by atoms with Crippen molar-refractivity contribution in [3.63, 3.8) is 0 Å². The van der Waals surface area contributed by atoms with Gasteiger partial charge in [0, 0.05) is 12.1 Å². The summed E-state index contributed by atoms with van der Waals surface area (Å²) in [5.41, 5.74) is 0.599. The Morgan fingerprint density at radius 1 is 1.23 bits per heavy atom. The Balaban J connectivity index is 1.75. The lowest BCUT2D eigenvalue weighted by Crippen LogP contribution is -2.30. The first-order valence-corrected chi connectivity index (χ1v) is 7.15. The lowest BCUT2D eigenvalue weighted by molar-refractivity contribution is -0.384. The number of nitrogens with one attached hydrogen (secondary N) is 1. The highest BCUT2D eigenvalue weighted by molar-refractivity contribution is 7.12. The first kappa shape index (κ1) is 15.6. The molecule has 22 heavy (non-hydrogen) atoms. The zero-order valence-electron chi connectivity index (χ0n) is 11.4. The SMILES string of the molecule is O=C(CNC(=O)c1cccs1)OCc1ccc([N+](=O)[O-])cc1. The van der Waals surface area contributed by atoms with Gasteiger partial charge in [0.2, 0.25) is 0 Å². The molecule has 0 bridgehead atoms. The summed E-state index contributed by atoms with van der Waals surface area (Å²) in [5, 5.41) is 14.7. The van der Waals surface area contributed by atoms with Gasteiger partial charge in [0.15, 0.2) is 0 Å². The zero-order chi connectivity index (χ0) is 15.9. The van der Waals surface area contributed by atoms with Gasteiger partial charge in [0.1, 0.15) is 13.2 Å². The summed E-state index contributed by atoms with van der Waals surface area (Å²) in [7, 11) is 0. The molecule has 0 unspecified atom stereocenters. The lowest BCUT2D eigenvalue weighted by Gasteiger charge is -2.06. The van der Waals surface area contributed by atoms with Crippen molar-refractivity contribution in [2.75, 3.05) is 6.54 Å². The number of rotatable bonds is 6. The molecular weight excluding hydrogens is 308 g/mol. The van der Waals surface area contributed by atoms with Crippen molar-refractivity contribution in [2.24, 2.45) is 0 Å². The molecule has 8 heteroatoms. The molecule has 0 aliphatic rings. The standard InChI is InChI=1S/C14H12N2O5S/c17-13(8-15-14(18)12-2-1-7-22-12)21-9-10-3-5-11(6-4-10)16(19)20/h1-7H,8-9H2,(H,15,18). The van der Waals surface area contributed by atoms with E-state index in [0.29, 0.717) is 10.4 Å². The van der Waals surface area contributed by atoms with Crippen LogP contribution < -0.4 is 5.32 Å². The fourth-order valence-corrected chi connectivity index (χ4v) is 2.22. The summed E-state index contributed by atoms with van der Waals surface area (Å²) >= 11 is 1.28. The van der Waals surface area contributed by atoms with Gasteiger partial charge in [-0.2, -0.15) is 0 Å². The average Bonchev–Trinajstić information content (AvgIpc) is 3.05. The largest absolute Gasteiger partial charge is 0.460 e. The van der Waals surface area contributed by atoms with Crippen LogP contribution in [0.3, 0.4) is 0 Å². The minimum atomic E-state index is -0.580. The number of nitro benzene ring substituents is 1. The number of carbonyl (C=O) groups excluding carboxylic acids is 2. The summed E-state index contributed by atoms with van der Waals surface area (Å²) in [6, 6.07) is 9.09. The van der Waals surface area contributed by atoms with Crippen LogP contribution in [-0.2, 0) is 16.1 Å². The smallest absolute Gasteiger partial charge is 0.325 e. The second kappa shape index (κ2) is 7.32. The summed E-state index contributed by atoms with van der Waals surface area (Å²) in [6.45, 7) is -0.241. The van der Waals surface area contributed by atoms with Gasteiger partial charge >= 0.3 is 5.97 Å². The van der Waals surface area contributed by atoms with E-state index in [-0.39, 0.29) is 24.7 Å². The molecule has 0 fully saturated rings. The van der Waals surface area contributed by atoms with Crippen LogP contribution in [0.15, 0.2) is 41.8 Å². The Bertz CT molecular complexity index is 667. The molecule has 7 nitrogen and oxygen atoms in total. The zero-order valence-corrected chi connectivity index (χ0v) is 12.2. The number of benzene rings is 1. The van der Waals surface area contributed by atoms with E-state index in [1.807, 2.05) is 0 Å². The first-order chi connectivity index (χ1) is 10.6. The summed E-state index contributed by atoms with van der Waals surface area (Å²) < 4.78 is 4.98. The Labute approximate surface area is 129 Å². The van der Waals surface area contributed by atoms with Gasteiger partial charge < -0.3 is 10.1 Å². The number of nitro groups is 1. The minimum absolute atomic E-state index is 0.00823. The quantitative estimate of drug-likeness (QED) is 0.499. The van der Waals surface area contributed by atoms with E-state index < -0.39 is 10.9 Å².